The molecule has 0 aromatic carbocycles. The van der Waals surface area contributed by atoms with Crippen molar-refractivity contribution in [3.63, 3.8) is 0 Å². The fraction of sp³-hybridized carbons (Fsp3) is 0.875. The normalized spacial score (nSPS) is 47.4. The Bertz CT molecular complexity index is 755. The first-order valence-corrected chi connectivity index (χ1v) is 11.8. The minimum Gasteiger partial charge on any atom is -0.391 e. The van der Waals surface area contributed by atoms with E-state index < -0.39 is 0 Å². The quantitative estimate of drug-likeness (QED) is 0.606. The smallest absolute Gasteiger partial charge is 0.141 e. The Morgan fingerprint density at radius 2 is 1.83 bits per heavy atom. The molecule has 0 bridgehead atoms. The van der Waals surface area contributed by atoms with Gasteiger partial charge in [0.2, 0.25) is 0 Å². The number of rotatable bonds is 2. The third kappa shape index (κ3) is 3.35. The molecule has 5 fully saturated rings. The van der Waals surface area contributed by atoms with Gasteiger partial charge in [0.05, 0.1) is 5.71 Å². The van der Waals surface area contributed by atoms with Gasteiger partial charge in [0.15, 0.2) is 0 Å². The van der Waals surface area contributed by atoms with Gasteiger partial charge in [-0.05, 0) is 68.7 Å². The lowest BCUT2D eigenvalue weighted by atomic mass is 9.45. The summed E-state index contributed by atoms with van der Waals surface area (Å²) < 4.78 is 0. The predicted molar refractivity (Wildman–Crippen MR) is 119 cm³/mol. The molecule has 0 aromatic rings. The van der Waals surface area contributed by atoms with E-state index in [1.54, 1.807) is 0 Å². The average Bonchev–Trinajstić information content (AvgIpc) is 3.24. The van der Waals surface area contributed by atoms with E-state index in [4.69, 9.17) is 4.84 Å². The van der Waals surface area contributed by atoms with Gasteiger partial charge in [-0.2, -0.15) is 0 Å². The van der Waals surface area contributed by atoms with Gasteiger partial charge >= 0.3 is 0 Å². The first kappa shape index (κ1) is 22.3. The van der Waals surface area contributed by atoms with Gasteiger partial charge in [0, 0.05) is 43.7 Å². The first-order chi connectivity index (χ1) is 13.8. The Kier molecular flexibility index (Phi) is 5.85. The molecule has 4 saturated carbocycles. The number of likely N-dealkylation sites (N-methyl/N-ethyl adjacent to an activating group) is 1. The summed E-state index contributed by atoms with van der Waals surface area (Å²) in [4.78, 5) is 34.0. The number of likely N-dealkylation sites (tertiary alicyclic amines) is 1. The van der Waals surface area contributed by atoms with Gasteiger partial charge in [-0.1, -0.05) is 19.0 Å². The van der Waals surface area contributed by atoms with Crippen LogP contribution in [-0.2, 0) is 14.4 Å². The number of carbonyl (C=O) groups excluding carboxylic acids is 2. The molecule has 0 amide bonds. The van der Waals surface area contributed by atoms with Crippen LogP contribution in [0.1, 0.15) is 71.6 Å². The summed E-state index contributed by atoms with van der Waals surface area (Å²) in [5.41, 5.74) is 0.999. The summed E-state index contributed by atoms with van der Waals surface area (Å²) in [6.45, 7) is 6.57. The van der Waals surface area contributed by atoms with Crippen molar-refractivity contribution in [2.45, 2.75) is 77.7 Å². The van der Waals surface area contributed by atoms with Crippen molar-refractivity contribution < 1.29 is 14.4 Å². The number of ketones is 2. The second-order valence-corrected chi connectivity index (χ2v) is 11.2. The predicted octanol–water partition coefficient (Wildman–Crippen LogP) is 4.28. The molecule has 1 heterocycles. The molecule has 6 heteroatoms. The maximum absolute atomic E-state index is 13.3. The third-order valence-corrected chi connectivity index (χ3v) is 9.69. The molecule has 1 saturated heterocycles. The summed E-state index contributed by atoms with van der Waals surface area (Å²) in [6, 6.07) is 0. The van der Waals surface area contributed by atoms with Gasteiger partial charge in [-0.25, -0.2) is 0 Å². The number of hydrogen-bond donors (Lipinski definition) is 0. The van der Waals surface area contributed by atoms with E-state index in [2.05, 4.69) is 31.0 Å². The minimum atomic E-state index is -0.159. The second kappa shape index (κ2) is 7.88. The number of fused-ring (bicyclic) bond motifs is 5. The molecule has 5 aliphatic rings. The molecular weight excluding hydrogens is 400 g/mol. The highest BCUT2D eigenvalue weighted by molar-refractivity contribution is 5.93. The summed E-state index contributed by atoms with van der Waals surface area (Å²) in [5, 5.41) is 4.53. The monoisotopic (exact) mass is 436 g/mol. The molecule has 5 rings (SSSR count). The van der Waals surface area contributed by atoms with Crippen molar-refractivity contribution in [3.8, 4) is 0 Å². The Balaban J connectivity index is 0.00000218. The molecule has 0 unspecified atom stereocenters. The Labute approximate surface area is 186 Å². The fourth-order valence-electron chi connectivity index (χ4n) is 7.83. The molecule has 7 atom stereocenters. The number of oxime groups is 1. The lowest BCUT2D eigenvalue weighted by molar-refractivity contribution is -0.152. The van der Waals surface area contributed by atoms with Crippen LogP contribution in [0.4, 0.5) is 0 Å². The molecule has 0 radical (unpaired) electrons. The van der Waals surface area contributed by atoms with Gasteiger partial charge in [-0.15, -0.1) is 12.4 Å². The van der Waals surface area contributed by atoms with E-state index in [-0.39, 0.29) is 35.3 Å². The Morgan fingerprint density at radius 1 is 1.03 bits per heavy atom. The van der Waals surface area contributed by atoms with Crippen LogP contribution < -0.4 is 0 Å². The molecule has 168 valence electrons. The Morgan fingerprint density at radius 3 is 2.57 bits per heavy atom. The molecule has 0 N–H and O–H groups in total. The molecular formula is C24H37ClN2O3. The topological polar surface area (TPSA) is 59.0 Å². The highest BCUT2D eigenvalue weighted by Crippen LogP contribution is 2.64. The van der Waals surface area contributed by atoms with Gasteiger partial charge in [0.1, 0.15) is 17.7 Å². The van der Waals surface area contributed by atoms with Gasteiger partial charge in [-0.3, -0.25) is 9.59 Å². The second-order valence-electron chi connectivity index (χ2n) is 11.2. The van der Waals surface area contributed by atoms with Crippen LogP contribution >= 0.6 is 12.4 Å². The highest BCUT2D eigenvalue weighted by atomic mass is 35.5. The van der Waals surface area contributed by atoms with Crippen LogP contribution in [0.3, 0.4) is 0 Å². The van der Waals surface area contributed by atoms with E-state index in [9.17, 15) is 9.59 Å². The molecule has 4 aliphatic carbocycles. The summed E-state index contributed by atoms with van der Waals surface area (Å²) >= 11 is 0. The summed E-state index contributed by atoms with van der Waals surface area (Å²) in [6.07, 6.45) is 8.54. The molecule has 5 nitrogen and oxygen atoms in total. The highest BCUT2D eigenvalue weighted by Gasteiger charge is 2.62. The fourth-order valence-corrected chi connectivity index (χ4v) is 7.83. The van der Waals surface area contributed by atoms with Crippen LogP contribution in [0.15, 0.2) is 5.16 Å². The van der Waals surface area contributed by atoms with Crippen LogP contribution in [0.25, 0.3) is 0 Å². The van der Waals surface area contributed by atoms with E-state index in [0.717, 1.165) is 70.2 Å². The van der Waals surface area contributed by atoms with Crippen LogP contribution in [-0.4, -0.2) is 48.4 Å². The average molecular weight is 437 g/mol. The van der Waals surface area contributed by atoms with E-state index >= 15 is 0 Å². The van der Waals surface area contributed by atoms with Crippen LogP contribution in [0.2, 0.25) is 0 Å². The summed E-state index contributed by atoms with van der Waals surface area (Å²) in [7, 11) is 2.12. The zero-order valence-corrected chi connectivity index (χ0v) is 19.5. The lowest BCUT2D eigenvalue weighted by Gasteiger charge is -2.58. The standard InChI is InChI=1S/C24H36N2O3.ClH/c1-23-9-6-15(25-29-16-8-11-26(3)14-16)12-20(23)21(27)13-17-18-4-5-22(28)24(18,2)10-7-19(17)23;/h16-20H,4-14H2,1-3H3;1H/b25-15+;/t16-,17-,18-,19-,20+,23+,24-;/m0./s1. The molecule has 0 spiro atoms. The number of nitrogens with zero attached hydrogens (tertiary/aromatic N) is 2. The SMILES string of the molecule is CN1CC[C@H](O/N=C2\CC[C@@]3(C)[C@H](C2)C(=O)C[C@@H]2[C@@H]3CC[C@]3(C)C(=O)CC[C@@H]23)C1.Cl. The van der Waals surface area contributed by atoms with Crippen molar-refractivity contribution >= 4 is 29.7 Å². The number of carbonyl (C=O) groups is 2. The maximum atomic E-state index is 13.3. The van der Waals surface area contributed by atoms with Crippen LogP contribution in [0.5, 0.6) is 0 Å². The molecule has 30 heavy (non-hydrogen) atoms. The lowest BCUT2D eigenvalue weighted by Crippen LogP contribution is -2.56. The van der Waals surface area contributed by atoms with E-state index in [1.165, 1.54) is 0 Å². The van der Waals surface area contributed by atoms with Gasteiger partial charge in [0.25, 0.3) is 0 Å². The third-order valence-electron chi connectivity index (χ3n) is 9.69. The summed E-state index contributed by atoms with van der Waals surface area (Å²) in [5.74, 6) is 2.39. The zero-order chi connectivity index (χ0) is 20.4. The van der Waals surface area contributed by atoms with E-state index in [1.807, 2.05) is 0 Å². The number of halogens is 1. The van der Waals surface area contributed by atoms with Crippen molar-refractivity contribution in [3.05, 3.63) is 0 Å². The van der Waals surface area contributed by atoms with Crippen molar-refractivity contribution in [2.75, 3.05) is 20.1 Å². The van der Waals surface area contributed by atoms with Crippen LogP contribution in [0, 0.1) is 34.5 Å². The van der Waals surface area contributed by atoms with E-state index in [0.29, 0.717) is 35.7 Å². The van der Waals surface area contributed by atoms with Gasteiger partial charge < -0.3 is 9.74 Å². The first-order valence-electron chi connectivity index (χ1n) is 11.8. The Hall–Kier alpha value is -0.940. The van der Waals surface area contributed by atoms with Crippen molar-refractivity contribution in [2.24, 2.45) is 39.7 Å². The zero-order valence-electron chi connectivity index (χ0n) is 18.7. The number of hydrogen-bond acceptors (Lipinski definition) is 5. The minimum absolute atomic E-state index is 0. The van der Waals surface area contributed by atoms with Crippen molar-refractivity contribution in [1.29, 1.82) is 0 Å². The molecule has 0 aromatic heterocycles. The number of Topliss-reactive ketones (excluding diaryl/α,β-unsaturated/α-hetero) is 2. The molecule has 1 aliphatic heterocycles. The van der Waals surface area contributed by atoms with Crippen molar-refractivity contribution in [1.82, 2.24) is 4.90 Å². The largest absolute Gasteiger partial charge is 0.391 e. The maximum Gasteiger partial charge on any atom is 0.141 e.